The first-order valence-corrected chi connectivity index (χ1v) is 10.7. The van der Waals surface area contributed by atoms with E-state index in [4.69, 9.17) is 0 Å². The van der Waals surface area contributed by atoms with Gasteiger partial charge in [-0.2, -0.15) is 0 Å². The Labute approximate surface area is 188 Å². The molecule has 0 unspecified atom stereocenters. The highest BCUT2D eigenvalue weighted by Crippen LogP contribution is 2.27. The summed E-state index contributed by atoms with van der Waals surface area (Å²) in [5.74, 6) is -0.206. The van der Waals surface area contributed by atoms with E-state index in [9.17, 15) is 9.59 Å². The number of aromatic amines is 2. The van der Waals surface area contributed by atoms with Gasteiger partial charge >= 0.3 is 0 Å². The molecule has 8 nitrogen and oxygen atoms in total. The monoisotopic (exact) mass is 436 g/mol. The summed E-state index contributed by atoms with van der Waals surface area (Å²) < 4.78 is 0. The molecule has 0 radical (unpaired) electrons. The molecule has 2 aromatic heterocycles. The number of nitrogens with one attached hydrogen (secondary N) is 3. The summed E-state index contributed by atoms with van der Waals surface area (Å²) in [6.45, 7) is 1.49. The number of carbonyl (C=O) groups is 2. The normalized spacial score (nSPS) is 12.9. The largest absolute Gasteiger partial charge is 0.348 e. The lowest BCUT2D eigenvalue weighted by atomic mass is 10.1. The van der Waals surface area contributed by atoms with Gasteiger partial charge in [0.05, 0.1) is 34.8 Å². The van der Waals surface area contributed by atoms with Crippen LogP contribution in [0.4, 0.5) is 0 Å². The molecule has 162 valence electrons. The quantitative estimate of drug-likeness (QED) is 0.401. The number of aromatic nitrogens is 4. The van der Waals surface area contributed by atoms with Gasteiger partial charge in [0.15, 0.2) is 0 Å². The van der Waals surface area contributed by atoms with E-state index in [0.717, 1.165) is 27.7 Å². The molecule has 5 aromatic rings. The summed E-state index contributed by atoms with van der Waals surface area (Å²) in [6, 6.07) is 17.2. The third-order valence-electron chi connectivity index (χ3n) is 6.11. The summed E-state index contributed by atoms with van der Waals surface area (Å²) in [5.41, 5.74) is 7.36. The number of imidazole rings is 2. The van der Waals surface area contributed by atoms with Gasteiger partial charge in [0, 0.05) is 19.6 Å². The minimum atomic E-state index is -0.169. The highest BCUT2D eigenvalue weighted by Gasteiger charge is 2.26. The molecule has 3 aromatic carbocycles. The molecule has 0 spiro atoms. The van der Waals surface area contributed by atoms with Crippen LogP contribution < -0.4 is 5.32 Å². The van der Waals surface area contributed by atoms with Crippen LogP contribution in [0.5, 0.6) is 0 Å². The van der Waals surface area contributed by atoms with E-state index in [2.05, 4.69) is 31.3 Å². The molecule has 33 heavy (non-hydrogen) atoms. The van der Waals surface area contributed by atoms with Gasteiger partial charge in [-0.25, -0.2) is 9.97 Å². The second kappa shape index (κ2) is 7.59. The van der Waals surface area contributed by atoms with Gasteiger partial charge in [-0.15, -0.1) is 0 Å². The first-order chi connectivity index (χ1) is 16.2. The Bertz CT molecular complexity index is 1530. The van der Waals surface area contributed by atoms with Gasteiger partial charge in [-0.05, 0) is 41.0 Å². The van der Waals surface area contributed by atoms with Crippen molar-refractivity contribution in [1.29, 1.82) is 0 Å². The second-order valence-electron chi connectivity index (χ2n) is 8.16. The van der Waals surface area contributed by atoms with Gasteiger partial charge in [-0.1, -0.05) is 30.3 Å². The molecule has 0 atom stereocenters. The number of nitrogens with zero attached hydrogens (tertiary/aromatic N) is 3. The van der Waals surface area contributed by atoms with Gasteiger partial charge in [0.25, 0.3) is 11.8 Å². The number of hydrogen-bond donors (Lipinski definition) is 3. The molecule has 0 saturated carbocycles. The molecule has 0 fully saturated rings. The maximum Gasteiger partial charge on any atom is 0.256 e. The van der Waals surface area contributed by atoms with E-state index in [1.54, 1.807) is 18.7 Å². The molecular formula is C25H20N6O2. The van der Waals surface area contributed by atoms with E-state index < -0.39 is 0 Å². The van der Waals surface area contributed by atoms with Gasteiger partial charge in [0.1, 0.15) is 11.0 Å². The highest BCUT2D eigenvalue weighted by atomic mass is 16.2. The summed E-state index contributed by atoms with van der Waals surface area (Å²) in [5, 5.41) is 2.98. The number of fused-ring (bicyclic) bond motifs is 3. The minimum absolute atomic E-state index is 0.0363. The van der Waals surface area contributed by atoms with Gasteiger partial charge in [0.2, 0.25) is 0 Å². The molecule has 0 aliphatic carbocycles. The molecular weight excluding hydrogens is 416 g/mol. The molecule has 0 saturated heterocycles. The highest BCUT2D eigenvalue weighted by molar-refractivity contribution is 6.05. The van der Waals surface area contributed by atoms with Crippen LogP contribution in [-0.2, 0) is 19.6 Å². The van der Waals surface area contributed by atoms with Crippen molar-refractivity contribution in [3.8, 4) is 0 Å². The third kappa shape index (κ3) is 3.32. The van der Waals surface area contributed by atoms with Crippen molar-refractivity contribution in [3.63, 3.8) is 0 Å². The molecule has 1 aliphatic rings. The van der Waals surface area contributed by atoms with Crippen LogP contribution in [0, 0.1) is 0 Å². The number of H-pyrrole nitrogens is 2. The van der Waals surface area contributed by atoms with Crippen LogP contribution in [0.15, 0.2) is 67.3 Å². The first kappa shape index (κ1) is 19.2. The van der Waals surface area contributed by atoms with E-state index in [-0.39, 0.29) is 11.8 Å². The number of benzene rings is 3. The van der Waals surface area contributed by atoms with Crippen molar-refractivity contribution < 1.29 is 9.59 Å². The lowest BCUT2D eigenvalue weighted by Crippen LogP contribution is -2.25. The van der Waals surface area contributed by atoms with Crippen LogP contribution in [0.3, 0.4) is 0 Å². The fraction of sp³-hybridized carbons (Fsp3) is 0.120. The molecule has 3 heterocycles. The van der Waals surface area contributed by atoms with E-state index in [1.165, 1.54) is 0 Å². The average Bonchev–Trinajstić information content (AvgIpc) is 3.59. The smallest absolute Gasteiger partial charge is 0.256 e. The zero-order valence-electron chi connectivity index (χ0n) is 17.6. The van der Waals surface area contributed by atoms with Gasteiger partial charge < -0.3 is 20.2 Å². The fourth-order valence-electron chi connectivity index (χ4n) is 4.44. The fourth-order valence-corrected chi connectivity index (χ4v) is 4.44. The maximum absolute atomic E-state index is 13.2. The summed E-state index contributed by atoms with van der Waals surface area (Å²) in [7, 11) is 0. The van der Waals surface area contributed by atoms with Crippen molar-refractivity contribution in [1.82, 2.24) is 30.2 Å². The second-order valence-corrected chi connectivity index (χ2v) is 8.16. The summed E-state index contributed by atoms with van der Waals surface area (Å²) in [4.78, 5) is 42.3. The number of amides is 2. The molecule has 8 heteroatoms. The number of carbonyl (C=O) groups excluding carboxylic acids is 2. The number of para-hydroxylation sites is 2. The van der Waals surface area contributed by atoms with Crippen LogP contribution in [0.25, 0.3) is 22.1 Å². The minimum Gasteiger partial charge on any atom is -0.348 e. The zero-order chi connectivity index (χ0) is 22.4. The van der Waals surface area contributed by atoms with Crippen molar-refractivity contribution >= 4 is 33.9 Å². The predicted molar refractivity (Wildman–Crippen MR) is 123 cm³/mol. The number of rotatable bonds is 4. The molecule has 6 rings (SSSR count). The van der Waals surface area contributed by atoms with Crippen molar-refractivity contribution in [2.45, 2.75) is 19.6 Å². The van der Waals surface area contributed by atoms with Crippen LogP contribution in [0.2, 0.25) is 0 Å². The Balaban J connectivity index is 1.17. The van der Waals surface area contributed by atoms with Crippen LogP contribution in [0.1, 0.15) is 37.4 Å². The lowest BCUT2D eigenvalue weighted by Gasteiger charge is -2.15. The van der Waals surface area contributed by atoms with Crippen molar-refractivity contribution in [3.05, 3.63) is 95.1 Å². The van der Waals surface area contributed by atoms with Crippen LogP contribution in [-0.4, -0.2) is 36.7 Å². The van der Waals surface area contributed by atoms with E-state index in [1.807, 2.05) is 47.4 Å². The summed E-state index contributed by atoms with van der Waals surface area (Å²) >= 11 is 0. The van der Waals surface area contributed by atoms with Crippen molar-refractivity contribution in [2.75, 3.05) is 0 Å². The molecule has 2 amide bonds. The maximum atomic E-state index is 13.2. The first-order valence-electron chi connectivity index (χ1n) is 10.7. The Morgan fingerprint density at radius 3 is 2.27 bits per heavy atom. The topological polar surface area (TPSA) is 107 Å². The molecule has 1 aliphatic heterocycles. The molecule has 0 bridgehead atoms. The Morgan fingerprint density at radius 1 is 0.848 bits per heavy atom. The Hall–Kier alpha value is -4.46. The lowest BCUT2D eigenvalue weighted by molar-refractivity contribution is 0.0753. The van der Waals surface area contributed by atoms with Crippen molar-refractivity contribution in [2.24, 2.45) is 0 Å². The van der Waals surface area contributed by atoms with E-state index >= 15 is 0 Å². The van der Waals surface area contributed by atoms with Gasteiger partial charge in [-0.3, -0.25) is 9.59 Å². The molecule has 3 N–H and O–H groups in total. The predicted octanol–water partition coefficient (Wildman–Crippen LogP) is 3.53. The third-order valence-corrected chi connectivity index (χ3v) is 6.11. The standard InChI is InChI=1S/C25H20N6O2/c32-24(18-3-1-5-20-22(18)29-13-27-20)26-10-15-7-8-16-11-31(12-17(16)9-15)25(33)19-4-2-6-21-23(19)30-14-28-21/h1-9,13-14H,10-12H2,(H,26,32)(H,27,29)(H,28,30). The number of hydrogen-bond acceptors (Lipinski definition) is 4. The Morgan fingerprint density at radius 2 is 1.52 bits per heavy atom. The SMILES string of the molecule is O=C(NCc1ccc2c(c1)CN(C(=O)c1cccc3[nH]cnc13)C2)c1cccc2[nH]cnc12. The average molecular weight is 436 g/mol. The Kier molecular flexibility index (Phi) is 4.43. The van der Waals surface area contributed by atoms with Crippen LogP contribution >= 0.6 is 0 Å². The summed E-state index contributed by atoms with van der Waals surface area (Å²) in [6.07, 6.45) is 3.19. The zero-order valence-corrected chi connectivity index (χ0v) is 17.6. The van der Waals surface area contributed by atoms with E-state index in [0.29, 0.717) is 41.8 Å².